The predicted octanol–water partition coefficient (Wildman–Crippen LogP) is 2.86. The molecule has 1 aliphatic heterocycles. The molecule has 0 spiro atoms. The lowest BCUT2D eigenvalue weighted by Gasteiger charge is -2.21. The van der Waals surface area contributed by atoms with E-state index in [1.54, 1.807) is 12.1 Å². The quantitative estimate of drug-likeness (QED) is 0.340. The van der Waals surface area contributed by atoms with Gasteiger partial charge in [0.05, 0.1) is 6.54 Å². The zero-order valence-corrected chi connectivity index (χ0v) is 18.3. The second-order valence-electron chi connectivity index (χ2n) is 7.26. The van der Waals surface area contributed by atoms with Crippen molar-refractivity contribution >= 4 is 35.8 Å². The number of carbonyl (C=O) groups is 1. The van der Waals surface area contributed by atoms with E-state index >= 15 is 0 Å². The fourth-order valence-electron chi connectivity index (χ4n) is 3.79. The third-order valence-electron chi connectivity index (χ3n) is 5.25. The van der Waals surface area contributed by atoms with Crippen LogP contribution in [0.15, 0.2) is 29.3 Å². The Labute approximate surface area is 178 Å². The molecule has 1 amide bonds. The fourth-order valence-corrected chi connectivity index (χ4v) is 3.79. The van der Waals surface area contributed by atoms with Crippen molar-refractivity contribution in [2.24, 2.45) is 10.9 Å². The van der Waals surface area contributed by atoms with Crippen LogP contribution in [0.5, 0.6) is 5.75 Å². The molecule has 1 heterocycles. The maximum Gasteiger partial charge on any atom is 0.225 e. The van der Waals surface area contributed by atoms with Gasteiger partial charge in [-0.3, -0.25) is 4.79 Å². The zero-order chi connectivity index (χ0) is 18.4. The monoisotopic (exact) mass is 486 g/mol. The molecule has 1 unspecified atom stereocenters. The van der Waals surface area contributed by atoms with Crippen molar-refractivity contribution in [3.63, 3.8) is 0 Å². The molecule has 2 aliphatic rings. The van der Waals surface area contributed by atoms with Gasteiger partial charge in [-0.2, -0.15) is 0 Å². The van der Waals surface area contributed by atoms with E-state index in [2.05, 4.69) is 15.6 Å². The van der Waals surface area contributed by atoms with E-state index < -0.39 is 0 Å². The summed E-state index contributed by atoms with van der Waals surface area (Å²) < 4.78 is 0. The molecule has 0 radical (unpaired) electrons. The van der Waals surface area contributed by atoms with Crippen LogP contribution in [0.2, 0.25) is 0 Å². The number of halogens is 1. The number of guanidine groups is 1. The van der Waals surface area contributed by atoms with Gasteiger partial charge in [0.1, 0.15) is 5.75 Å². The van der Waals surface area contributed by atoms with Crippen LogP contribution < -0.4 is 10.6 Å². The number of aromatic hydroxyl groups is 1. The van der Waals surface area contributed by atoms with Crippen molar-refractivity contribution < 1.29 is 9.90 Å². The summed E-state index contributed by atoms with van der Waals surface area (Å²) in [6, 6.07) is 7.35. The van der Waals surface area contributed by atoms with Gasteiger partial charge in [0.2, 0.25) is 5.91 Å². The van der Waals surface area contributed by atoms with Crippen molar-refractivity contribution in [3.8, 4) is 5.75 Å². The largest absolute Gasteiger partial charge is 0.508 e. The minimum absolute atomic E-state index is 0. The summed E-state index contributed by atoms with van der Waals surface area (Å²) in [6.45, 7) is 4.98. The minimum Gasteiger partial charge on any atom is -0.508 e. The lowest BCUT2D eigenvalue weighted by Crippen LogP contribution is -2.45. The number of benzene rings is 1. The lowest BCUT2D eigenvalue weighted by molar-refractivity contribution is -0.134. The first-order valence-corrected chi connectivity index (χ1v) is 9.77. The molecule has 1 aliphatic carbocycles. The first kappa shape index (κ1) is 21.8. The predicted molar refractivity (Wildman–Crippen MR) is 118 cm³/mol. The van der Waals surface area contributed by atoms with Crippen molar-refractivity contribution in [2.75, 3.05) is 19.6 Å². The molecule has 3 N–H and O–H groups in total. The minimum atomic E-state index is 0. The number of nitrogens with one attached hydrogen (secondary N) is 2. The van der Waals surface area contributed by atoms with Crippen LogP contribution in [-0.4, -0.2) is 47.5 Å². The Balaban J connectivity index is 0.00000261. The van der Waals surface area contributed by atoms with E-state index in [-0.39, 0.29) is 41.7 Å². The van der Waals surface area contributed by atoms with Crippen LogP contribution in [0.4, 0.5) is 0 Å². The topological polar surface area (TPSA) is 77.0 Å². The van der Waals surface area contributed by atoms with Gasteiger partial charge in [-0.05, 0) is 43.9 Å². The highest BCUT2D eigenvalue weighted by Gasteiger charge is 2.32. The van der Waals surface area contributed by atoms with Gasteiger partial charge >= 0.3 is 0 Å². The number of amides is 1. The first-order valence-electron chi connectivity index (χ1n) is 9.77. The standard InChI is InChI=1S/C20H30N4O2.HI/c1-2-21-20(22-13-15-7-9-18(25)10-8-15)23-17-11-12-24(14-17)19(26)16-5-3-4-6-16;/h7-10,16-17,25H,2-6,11-14H2,1H3,(H2,21,22,23);1H. The summed E-state index contributed by atoms with van der Waals surface area (Å²) in [5.41, 5.74) is 1.05. The molecule has 7 heteroatoms. The highest BCUT2D eigenvalue weighted by atomic mass is 127. The molecule has 1 saturated carbocycles. The molecule has 27 heavy (non-hydrogen) atoms. The number of nitrogens with zero attached hydrogens (tertiary/aromatic N) is 2. The van der Waals surface area contributed by atoms with Crippen molar-refractivity contribution in [1.29, 1.82) is 0 Å². The van der Waals surface area contributed by atoms with Gasteiger partial charge in [-0.15, -0.1) is 24.0 Å². The number of rotatable bonds is 5. The molecule has 1 aromatic rings. The number of hydrogen-bond acceptors (Lipinski definition) is 3. The van der Waals surface area contributed by atoms with Crippen molar-refractivity contribution in [3.05, 3.63) is 29.8 Å². The highest BCUT2D eigenvalue weighted by molar-refractivity contribution is 14.0. The Kier molecular flexibility index (Phi) is 8.66. The van der Waals surface area contributed by atoms with E-state index in [1.807, 2.05) is 24.0 Å². The zero-order valence-electron chi connectivity index (χ0n) is 16.0. The molecule has 6 nitrogen and oxygen atoms in total. The van der Waals surface area contributed by atoms with Gasteiger partial charge in [0, 0.05) is 31.6 Å². The second kappa shape index (κ2) is 10.7. The van der Waals surface area contributed by atoms with Gasteiger partial charge in [-0.1, -0.05) is 25.0 Å². The average molecular weight is 486 g/mol. The van der Waals surface area contributed by atoms with E-state index in [4.69, 9.17) is 0 Å². The molecular weight excluding hydrogens is 455 g/mol. The Bertz CT molecular complexity index is 629. The number of aliphatic imine (C=N–C) groups is 1. The molecule has 1 atom stereocenters. The smallest absolute Gasteiger partial charge is 0.225 e. The van der Waals surface area contributed by atoms with Crippen LogP contribution in [0, 0.1) is 5.92 Å². The maximum absolute atomic E-state index is 12.6. The molecule has 150 valence electrons. The molecule has 3 rings (SSSR count). The summed E-state index contributed by atoms with van der Waals surface area (Å²) in [4.78, 5) is 19.2. The van der Waals surface area contributed by atoms with Crippen LogP contribution in [0.3, 0.4) is 0 Å². The van der Waals surface area contributed by atoms with Crippen LogP contribution in [-0.2, 0) is 11.3 Å². The van der Waals surface area contributed by atoms with Crippen LogP contribution in [0.25, 0.3) is 0 Å². The van der Waals surface area contributed by atoms with Crippen LogP contribution >= 0.6 is 24.0 Å². The molecule has 1 aromatic carbocycles. The summed E-state index contributed by atoms with van der Waals surface area (Å²) in [5, 5.41) is 16.1. The summed E-state index contributed by atoms with van der Waals surface area (Å²) in [5.74, 6) is 1.64. The summed E-state index contributed by atoms with van der Waals surface area (Å²) >= 11 is 0. The van der Waals surface area contributed by atoms with Crippen LogP contribution in [0.1, 0.15) is 44.6 Å². The maximum atomic E-state index is 12.6. The molecule has 2 fully saturated rings. The number of phenolic OH excluding ortho intramolecular Hbond substituents is 1. The van der Waals surface area contributed by atoms with Crippen molar-refractivity contribution in [1.82, 2.24) is 15.5 Å². The summed E-state index contributed by atoms with van der Waals surface area (Å²) in [6.07, 6.45) is 5.47. The second-order valence-corrected chi connectivity index (χ2v) is 7.26. The van der Waals surface area contributed by atoms with E-state index in [9.17, 15) is 9.90 Å². The Hall–Kier alpha value is -1.51. The normalized spacial score (nSPS) is 20.4. The molecule has 1 saturated heterocycles. The SMILES string of the molecule is CCNC(=NCc1ccc(O)cc1)NC1CCN(C(=O)C2CCCC2)C1.I. The van der Waals surface area contributed by atoms with E-state index in [0.717, 1.165) is 50.4 Å². The number of hydrogen-bond donors (Lipinski definition) is 3. The third-order valence-corrected chi connectivity index (χ3v) is 5.25. The average Bonchev–Trinajstić information content (AvgIpc) is 3.33. The fraction of sp³-hybridized carbons (Fsp3) is 0.600. The lowest BCUT2D eigenvalue weighted by atomic mass is 10.1. The Morgan fingerprint density at radius 3 is 2.59 bits per heavy atom. The summed E-state index contributed by atoms with van der Waals surface area (Å²) in [7, 11) is 0. The van der Waals surface area contributed by atoms with Gasteiger partial charge in [0.25, 0.3) is 0 Å². The first-order chi connectivity index (χ1) is 12.7. The molecule has 0 bridgehead atoms. The van der Waals surface area contributed by atoms with Gasteiger partial charge < -0.3 is 20.6 Å². The van der Waals surface area contributed by atoms with Gasteiger partial charge in [-0.25, -0.2) is 4.99 Å². The number of likely N-dealkylation sites (tertiary alicyclic amines) is 1. The number of carbonyl (C=O) groups excluding carboxylic acids is 1. The molecule has 0 aromatic heterocycles. The van der Waals surface area contributed by atoms with E-state index in [1.165, 1.54) is 12.8 Å². The Morgan fingerprint density at radius 1 is 1.22 bits per heavy atom. The Morgan fingerprint density at radius 2 is 1.93 bits per heavy atom. The third kappa shape index (κ3) is 6.26. The number of phenols is 1. The van der Waals surface area contributed by atoms with Crippen molar-refractivity contribution in [2.45, 2.75) is 51.6 Å². The molecular formula is C20H31IN4O2. The highest BCUT2D eigenvalue weighted by Crippen LogP contribution is 2.27. The van der Waals surface area contributed by atoms with E-state index in [0.29, 0.717) is 12.5 Å². The van der Waals surface area contributed by atoms with Gasteiger partial charge in [0.15, 0.2) is 5.96 Å².